The van der Waals surface area contributed by atoms with Crippen molar-refractivity contribution >= 4 is 62.7 Å². The van der Waals surface area contributed by atoms with Crippen LogP contribution in [0.25, 0.3) is 11.0 Å². The molecule has 9 heteroatoms. The van der Waals surface area contributed by atoms with Gasteiger partial charge in [0.15, 0.2) is 5.65 Å². The van der Waals surface area contributed by atoms with Crippen LogP contribution in [0.5, 0.6) is 0 Å². The molecule has 0 spiro atoms. The van der Waals surface area contributed by atoms with Crippen LogP contribution < -0.4 is 10.2 Å². The summed E-state index contributed by atoms with van der Waals surface area (Å²) in [5, 5.41) is 9.62. The molecule has 5 rings (SSSR count). The van der Waals surface area contributed by atoms with Gasteiger partial charge in [0.25, 0.3) is 0 Å². The summed E-state index contributed by atoms with van der Waals surface area (Å²) in [6.07, 6.45) is 8.36. The van der Waals surface area contributed by atoms with E-state index in [1.807, 2.05) is 35.1 Å². The van der Waals surface area contributed by atoms with Crippen molar-refractivity contribution in [1.82, 2.24) is 24.6 Å². The number of piperidine rings is 2. The molecular weight excluding hydrogens is 537 g/mol. The molecule has 0 unspecified atom stereocenters. The van der Waals surface area contributed by atoms with Crippen molar-refractivity contribution in [2.24, 2.45) is 5.92 Å². The highest BCUT2D eigenvalue weighted by Gasteiger charge is 2.25. The second kappa shape index (κ2) is 10.1. The van der Waals surface area contributed by atoms with Gasteiger partial charge in [0, 0.05) is 30.3 Å². The van der Waals surface area contributed by atoms with Crippen LogP contribution in [0, 0.1) is 5.92 Å². The molecule has 2 saturated heterocycles. The molecular formula is C23H29ClIN7. The smallest absolute Gasteiger partial charge is 0.229 e. The summed E-state index contributed by atoms with van der Waals surface area (Å²) in [7, 11) is 0. The van der Waals surface area contributed by atoms with E-state index in [0.717, 1.165) is 52.0 Å². The summed E-state index contributed by atoms with van der Waals surface area (Å²) in [5.41, 5.74) is 1.82. The number of halogens is 2. The van der Waals surface area contributed by atoms with Crippen molar-refractivity contribution in [2.75, 3.05) is 42.9 Å². The monoisotopic (exact) mass is 565 g/mol. The van der Waals surface area contributed by atoms with Crippen LogP contribution in [0.15, 0.2) is 30.5 Å². The molecule has 1 aromatic carbocycles. The fraction of sp³-hybridized carbons (Fsp3) is 0.522. The van der Waals surface area contributed by atoms with Crippen LogP contribution >= 0.6 is 34.2 Å². The van der Waals surface area contributed by atoms with Crippen molar-refractivity contribution in [2.45, 2.75) is 36.7 Å². The molecule has 2 aliphatic heterocycles. The number of alkyl halides is 1. The van der Waals surface area contributed by atoms with Crippen LogP contribution in [0.2, 0.25) is 5.02 Å². The number of anilines is 3. The van der Waals surface area contributed by atoms with Crippen LogP contribution in [0.4, 0.5) is 17.5 Å². The average Bonchev–Trinajstić information content (AvgIpc) is 3.25. The molecule has 2 aromatic heterocycles. The Hall–Kier alpha value is -1.65. The van der Waals surface area contributed by atoms with E-state index < -0.39 is 0 Å². The molecule has 4 heterocycles. The van der Waals surface area contributed by atoms with Crippen molar-refractivity contribution < 1.29 is 0 Å². The first-order valence-corrected chi connectivity index (χ1v) is 13.4. The van der Waals surface area contributed by atoms with E-state index in [9.17, 15) is 0 Å². The molecule has 7 nitrogen and oxygen atoms in total. The average molecular weight is 566 g/mol. The molecule has 0 bridgehead atoms. The molecule has 0 atom stereocenters. The third kappa shape index (κ3) is 4.97. The molecule has 170 valence electrons. The summed E-state index contributed by atoms with van der Waals surface area (Å²) < 4.78 is 2.67. The number of nitrogens with one attached hydrogen (secondary N) is 1. The molecule has 32 heavy (non-hydrogen) atoms. The van der Waals surface area contributed by atoms with Crippen LogP contribution in [-0.2, 0) is 4.55 Å². The second-order valence-electron chi connectivity index (χ2n) is 8.80. The number of hydrogen-bond donors (Lipinski definition) is 1. The number of aromatic nitrogens is 4. The Morgan fingerprint density at radius 3 is 2.47 bits per heavy atom. The van der Waals surface area contributed by atoms with E-state index in [2.05, 4.69) is 42.8 Å². The van der Waals surface area contributed by atoms with Crippen molar-refractivity contribution in [3.05, 3.63) is 35.5 Å². The number of likely N-dealkylation sites (tertiary alicyclic amines) is 1. The number of benzene rings is 1. The summed E-state index contributed by atoms with van der Waals surface area (Å²) >= 11 is 8.37. The maximum Gasteiger partial charge on any atom is 0.229 e. The zero-order valence-electron chi connectivity index (χ0n) is 18.2. The Bertz CT molecular complexity index is 1040. The Labute approximate surface area is 207 Å². The maximum absolute atomic E-state index is 6.05. The molecule has 0 saturated carbocycles. The molecule has 2 fully saturated rings. The molecule has 3 aromatic rings. The molecule has 0 amide bonds. The maximum atomic E-state index is 6.05. The lowest BCUT2D eigenvalue weighted by molar-refractivity contribution is 0.181. The summed E-state index contributed by atoms with van der Waals surface area (Å²) in [5.74, 6) is 2.36. The lowest BCUT2D eigenvalue weighted by atomic mass is 9.95. The Balaban J connectivity index is 1.35. The Kier molecular flexibility index (Phi) is 6.99. The van der Waals surface area contributed by atoms with Gasteiger partial charge >= 0.3 is 0 Å². The van der Waals surface area contributed by atoms with Gasteiger partial charge in [-0.15, -0.1) is 0 Å². The topological polar surface area (TPSA) is 62.1 Å². The van der Waals surface area contributed by atoms with E-state index in [-0.39, 0.29) is 0 Å². The Morgan fingerprint density at radius 1 is 1.00 bits per heavy atom. The highest BCUT2D eigenvalue weighted by Crippen LogP contribution is 2.29. The van der Waals surface area contributed by atoms with E-state index in [0.29, 0.717) is 5.02 Å². The quantitative estimate of drug-likeness (QED) is 0.323. The van der Waals surface area contributed by atoms with Crippen molar-refractivity contribution in [3.8, 4) is 0 Å². The number of fused-ring (bicyclic) bond motifs is 1. The van der Waals surface area contributed by atoms with Gasteiger partial charge in [-0.1, -0.05) is 40.6 Å². The minimum atomic E-state index is 0.717. The standard InChI is InChI=1S/C23H29ClIN7/c24-18-4-6-19(7-5-18)27-21-20-14-26-32(16-25)22(20)29-23(28-21)31-12-8-17(9-13-31)15-30-10-2-1-3-11-30/h4-7,14,17H,1-3,8-13,15-16H2,(H,27,28,29). The summed E-state index contributed by atoms with van der Waals surface area (Å²) in [4.78, 5) is 14.9. The SMILES string of the molecule is Clc1ccc(Nc2nc(N3CCC(CN4CCCCC4)CC3)nc3c2cnn3CI)cc1. The van der Waals surface area contributed by atoms with Crippen LogP contribution in [0.1, 0.15) is 32.1 Å². The number of nitrogens with zero attached hydrogens (tertiary/aromatic N) is 6. The highest BCUT2D eigenvalue weighted by atomic mass is 127. The van der Waals surface area contributed by atoms with Gasteiger partial charge in [0.05, 0.1) is 16.1 Å². The van der Waals surface area contributed by atoms with Gasteiger partial charge in [0.1, 0.15) is 5.82 Å². The van der Waals surface area contributed by atoms with Crippen molar-refractivity contribution in [3.63, 3.8) is 0 Å². The van der Waals surface area contributed by atoms with Gasteiger partial charge in [-0.2, -0.15) is 15.1 Å². The van der Waals surface area contributed by atoms with Crippen molar-refractivity contribution in [1.29, 1.82) is 0 Å². The normalized spacial score (nSPS) is 18.4. The lowest BCUT2D eigenvalue weighted by Gasteiger charge is -2.36. The Morgan fingerprint density at radius 2 is 1.75 bits per heavy atom. The minimum Gasteiger partial charge on any atom is -0.341 e. The fourth-order valence-electron chi connectivity index (χ4n) is 4.76. The number of rotatable bonds is 6. The zero-order valence-corrected chi connectivity index (χ0v) is 21.1. The van der Waals surface area contributed by atoms with E-state index in [1.54, 1.807) is 0 Å². The highest BCUT2D eigenvalue weighted by molar-refractivity contribution is 14.1. The van der Waals surface area contributed by atoms with Gasteiger partial charge in [0.2, 0.25) is 5.95 Å². The largest absolute Gasteiger partial charge is 0.341 e. The summed E-state index contributed by atoms with van der Waals surface area (Å²) in [6.45, 7) is 5.81. The summed E-state index contributed by atoms with van der Waals surface area (Å²) in [6, 6.07) is 7.69. The first-order chi connectivity index (χ1) is 15.7. The van der Waals surface area contributed by atoms with Gasteiger partial charge < -0.3 is 15.1 Å². The molecule has 1 N–H and O–H groups in total. The molecule has 2 aliphatic rings. The predicted molar refractivity (Wildman–Crippen MR) is 139 cm³/mol. The van der Waals surface area contributed by atoms with E-state index in [4.69, 9.17) is 21.6 Å². The third-order valence-corrected chi connectivity index (χ3v) is 7.47. The van der Waals surface area contributed by atoms with Gasteiger partial charge in [-0.05, 0) is 69.0 Å². The van der Waals surface area contributed by atoms with Crippen LogP contribution in [0.3, 0.4) is 0 Å². The van der Waals surface area contributed by atoms with Gasteiger partial charge in [-0.25, -0.2) is 4.68 Å². The minimum absolute atomic E-state index is 0.717. The lowest BCUT2D eigenvalue weighted by Crippen LogP contribution is -2.41. The first-order valence-electron chi connectivity index (χ1n) is 11.5. The predicted octanol–water partition coefficient (Wildman–Crippen LogP) is 5.32. The first kappa shape index (κ1) is 22.2. The second-order valence-corrected chi connectivity index (χ2v) is 9.92. The third-order valence-electron chi connectivity index (χ3n) is 6.57. The van der Waals surface area contributed by atoms with Crippen LogP contribution in [-0.4, -0.2) is 57.4 Å². The number of hydrogen-bond acceptors (Lipinski definition) is 6. The van der Waals surface area contributed by atoms with Gasteiger partial charge in [-0.3, -0.25) is 0 Å². The molecule has 0 radical (unpaired) electrons. The van der Waals surface area contributed by atoms with E-state index in [1.165, 1.54) is 51.7 Å². The zero-order chi connectivity index (χ0) is 21.9. The molecule has 0 aliphatic carbocycles. The fourth-order valence-corrected chi connectivity index (χ4v) is 5.39. The van der Waals surface area contributed by atoms with E-state index >= 15 is 0 Å².